The number of methoxy groups -OCH3 is 1. The van der Waals surface area contributed by atoms with Crippen LogP contribution in [0, 0.1) is 13.8 Å². The van der Waals surface area contributed by atoms with Gasteiger partial charge in [-0.1, -0.05) is 41.9 Å². The van der Waals surface area contributed by atoms with Crippen molar-refractivity contribution in [1.29, 1.82) is 0 Å². The highest BCUT2D eigenvalue weighted by Crippen LogP contribution is 2.35. The summed E-state index contributed by atoms with van der Waals surface area (Å²) >= 11 is 6.09. The van der Waals surface area contributed by atoms with Crippen LogP contribution < -0.4 is 14.8 Å². The Morgan fingerprint density at radius 3 is 2.57 bits per heavy atom. The minimum atomic E-state index is 0.418. The molecule has 0 saturated heterocycles. The fourth-order valence-corrected chi connectivity index (χ4v) is 3.58. The van der Waals surface area contributed by atoms with E-state index in [1.54, 1.807) is 7.11 Å². The molecule has 0 aliphatic rings. The summed E-state index contributed by atoms with van der Waals surface area (Å²) in [5.41, 5.74) is 6.85. The van der Waals surface area contributed by atoms with Gasteiger partial charge < -0.3 is 14.8 Å². The molecule has 4 heteroatoms. The molecule has 3 aromatic carbocycles. The fraction of sp³-hybridized carbons (Fsp3) is 0.231. The highest BCUT2D eigenvalue weighted by molar-refractivity contribution is 6.30. The van der Waals surface area contributed by atoms with E-state index >= 15 is 0 Å². The maximum absolute atomic E-state index is 6.15. The molecule has 0 atom stereocenters. The molecule has 30 heavy (non-hydrogen) atoms. The number of aryl methyl sites for hydroxylation is 1. The first-order chi connectivity index (χ1) is 14.5. The highest BCUT2D eigenvalue weighted by atomic mass is 35.5. The third-order valence-corrected chi connectivity index (χ3v) is 5.37. The molecule has 0 aliphatic carbocycles. The number of anilines is 1. The van der Waals surface area contributed by atoms with Gasteiger partial charge in [-0.05, 0) is 72.9 Å². The van der Waals surface area contributed by atoms with Crippen LogP contribution in [0.25, 0.3) is 0 Å². The van der Waals surface area contributed by atoms with E-state index in [2.05, 4.69) is 50.0 Å². The number of halogens is 1. The Kier molecular flexibility index (Phi) is 7.42. The maximum Gasteiger partial charge on any atom is 0.165 e. The van der Waals surface area contributed by atoms with E-state index in [0.29, 0.717) is 30.3 Å². The summed E-state index contributed by atoms with van der Waals surface area (Å²) in [6.45, 7) is 9.27. The Hall–Kier alpha value is -2.91. The summed E-state index contributed by atoms with van der Waals surface area (Å²) in [5, 5.41) is 4.23. The van der Waals surface area contributed by atoms with Gasteiger partial charge in [-0.25, -0.2) is 0 Å². The first-order valence-corrected chi connectivity index (χ1v) is 10.4. The van der Waals surface area contributed by atoms with E-state index in [4.69, 9.17) is 21.1 Å². The predicted octanol–water partition coefficient (Wildman–Crippen LogP) is 6.89. The predicted molar refractivity (Wildman–Crippen MR) is 126 cm³/mol. The van der Waals surface area contributed by atoms with Gasteiger partial charge in [-0.2, -0.15) is 0 Å². The van der Waals surface area contributed by atoms with E-state index in [9.17, 15) is 0 Å². The zero-order valence-electron chi connectivity index (χ0n) is 17.8. The van der Waals surface area contributed by atoms with Gasteiger partial charge in [0.15, 0.2) is 11.5 Å². The topological polar surface area (TPSA) is 30.5 Å². The molecule has 0 fully saturated rings. The van der Waals surface area contributed by atoms with Gasteiger partial charge in [0.25, 0.3) is 0 Å². The molecule has 156 valence electrons. The smallest absolute Gasteiger partial charge is 0.165 e. The van der Waals surface area contributed by atoms with Crippen molar-refractivity contribution in [3.63, 3.8) is 0 Å². The zero-order valence-corrected chi connectivity index (χ0v) is 18.6. The standard InChI is InChI=1S/C26H28ClNO2/c1-5-8-22-13-21(16-28-24-12-6-9-18(2)19(24)3)15-25(29-4)26(22)30-17-20-10-7-11-23(27)14-20/h5-7,9-15,28H,1,8,16-17H2,2-4H3. The van der Waals surface area contributed by atoms with Crippen LogP contribution in [0.1, 0.15) is 27.8 Å². The van der Waals surface area contributed by atoms with Crippen LogP contribution in [0.3, 0.4) is 0 Å². The summed E-state index contributed by atoms with van der Waals surface area (Å²) in [4.78, 5) is 0. The van der Waals surface area contributed by atoms with Gasteiger partial charge in [-0.3, -0.25) is 0 Å². The van der Waals surface area contributed by atoms with E-state index in [0.717, 1.165) is 28.1 Å². The molecule has 0 bridgehead atoms. The Balaban J connectivity index is 1.83. The SMILES string of the molecule is C=CCc1cc(CNc2cccc(C)c2C)cc(OC)c1OCc1cccc(Cl)c1. The largest absolute Gasteiger partial charge is 0.493 e. The van der Waals surface area contributed by atoms with Crippen LogP contribution in [0.2, 0.25) is 5.02 Å². The Labute approximate surface area is 184 Å². The molecule has 0 radical (unpaired) electrons. The number of hydrogen-bond donors (Lipinski definition) is 1. The van der Waals surface area contributed by atoms with Gasteiger partial charge in [-0.15, -0.1) is 6.58 Å². The quantitative estimate of drug-likeness (QED) is 0.382. The number of nitrogens with one attached hydrogen (secondary N) is 1. The van der Waals surface area contributed by atoms with E-state index < -0.39 is 0 Å². The van der Waals surface area contributed by atoms with Crippen LogP contribution >= 0.6 is 11.6 Å². The molecule has 0 unspecified atom stereocenters. The molecule has 0 aromatic heterocycles. The van der Waals surface area contributed by atoms with Gasteiger partial charge in [0.2, 0.25) is 0 Å². The lowest BCUT2D eigenvalue weighted by atomic mass is 10.0. The van der Waals surface area contributed by atoms with Crippen molar-refractivity contribution in [2.24, 2.45) is 0 Å². The minimum absolute atomic E-state index is 0.418. The van der Waals surface area contributed by atoms with Crippen molar-refractivity contribution in [1.82, 2.24) is 0 Å². The molecule has 0 aliphatic heterocycles. The lowest BCUT2D eigenvalue weighted by molar-refractivity contribution is 0.281. The fourth-order valence-electron chi connectivity index (χ4n) is 3.37. The summed E-state index contributed by atoms with van der Waals surface area (Å²) in [5.74, 6) is 1.46. The van der Waals surface area contributed by atoms with Gasteiger partial charge in [0, 0.05) is 22.8 Å². The number of ether oxygens (including phenoxy) is 2. The second kappa shape index (κ2) is 10.2. The summed E-state index contributed by atoms with van der Waals surface area (Å²) in [7, 11) is 1.67. The number of hydrogen-bond acceptors (Lipinski definition) is 3. The zero-order chi connectivity index (χ0) is 21.5. The van der Waals surface area contributed by atoms with Crippen LogP contribution in [0.15, 0.2) is 67.3 Å². The highest BCUT2D eigenvalue weighted by Gasteiger charge is 2.13. The van der Waals surface area contributed by atoms with Crippen molar-refractivity contribution in [3.8, 4) is 11.5 Å². The van der Waals surface area contributed by atoms with E-state index in [1.165, 1.54) is 11.1 Å². The summed E-state index contributed by atoms with van der Waals surface area (Å²) in [6.07, 6.45) is 2.57. The molecule has 0 saturated carbocycles. The third-order valence-electron chi connectivity index (χ3n) is 5.14. The monoisotopic (exact) mass is 421 g/mol. The molecule has 3 rings (SSSR count). The number of rotatable bonds is 9. The van der Waals surface area contributed by atoms with Crippen LogP contribution in [-0.4, -0.2) is 7.11 Å². The first-order valence-electron chi connectivity index (χ1n) is 9.99. The maximum atomic E-state index is 6.15. The summed E-state index contributed by atoms with van der Waals surface area (Å²) in [6, 6.07) is 18.1. The van der Waals surface area contributed by atoms with Gasteiger partial charge in [0.1, 0.15) is 6.61 Å². The average Bonchev–Trinajstić information content (AvgIpc) is 2.74. The van der Waals surface area contributed by atoms with E-state index in [1.807, 2.05) is 36.4 Å². The van der Waals surface area contributed by atoms with Crippen molar-refractivity contribution in [3.05, 3.63) is 100 Å². The number of allylic oxidation sites excluding steroid dienone is 1. The van der Waals surface area contributed by atoms with Crippen molar-refractivity contribution in [2.45, 2.75) is 33.4 Å². The third kappa shape index (κ3) is 5.37. The Bertz CT molecular complexity index is 1030. The van der Waals surface area contributed by atoms with Crippen LogP contribution in [0.4, 0.5) is 5.69 Å². The van der Waals surface area contributed by atoms with E-state index in [-0.39, 0.29) is 0 Å². The molecule has 0 amide bonds. The molecule has 1 N–H and O–H groups in total. The van der Waals surface area contributed by atoms with Crippen molar-refractivity contribution < 1.29 is 9.47 Å². The number of benzene rings is 3. The van der Waals surface area contributed by atoms with Crippen LogP contribution in [0.5, 0.6) is 11.5 Å². The average molecular weight is 422 g/mol. The van der Waals surface area contributed by atoms with Crippen LogP contribution in [-0.2, 0) is 19.6 Å². The normalized spacial score (nSPS) is 10.5. The molecule has 0 heterocycles. The molecule has 3 aromatic rings. The second-order valence-electron chi connectivity index (χ2n) is 7.30. The minimum Gasteiger partial charge on any atom is -0.493 e. The molecular formula is C26H28ClNO2. The first kappa shape index (κ1) is 21.8. The lowest BCUT2D eigenvalue weighted by Gasteiger charge is -2.18. The Morgan fingerprint density at radius 1 is 1.03 bits per heavy atom. The second-order valence-corrected chi connectivity index (χ2v) is 7.74. The lowest BCUT2D eigenvalue weighted by Crippen LogP contribution is -2.05. The van der Waals surface area contributed by atoms with Crippen molar-refractivity contribution >= 4 is 17.3 Å². The van der Waals surface area contributed by atoms with Gasteiger partial charge >= 0.3 is 0 Å². The molecule has 3 nitrogen and oxygen atoms in total. The van der Waals surface area contributed by atoms with Gasteiger partial charge in [0.05, 0.1) is 7.11 Å². The van der Waals surface area contributed by atoms with Crippen molar-refractivity contribution in [2.75, 3.05) is 12.4 Å². The summed E-state index contributed by atoms with van der Waals surface area (Å²) < 4.78 is 11.8. The Morgan fingerprint density at radius 2 is 1.83 bits per heavy atom. The molecular weight excluding hydrogens is 394 g/mol. The molecule has 0 spiro atoms.